The second-order valence-electron chi connectivity index (χ2n) is 6.13. The van der Waals surface area contributed by atoms with E-state index in [1.165, 1.54) is 12.8 Å². The first-order valence-corrected chi connectivity index (χ1v) is 7.88. The Kier molecular flexibility index (Phi) is 2.55. The Hall–Kier alpha value is -1.00. The Morgan fingerprint density at radius 1 is 1.45 bits per heavy atom. The van der Waals surface area contributed by atoms with Crippen LogP contribution in [-0.4, -0.2) is 21.8 Å². The predicted molar refractivity (Wildman–Crippen MR) is 83.0 cm³/mol. The first-order chi connectivity index (χ1) is 9.52. The molecule has 20 heavy (non-hydrogen) atoms. The zero-order valence-electron chi connectivity index (χ0n) is 11.5. The van der Waals surface area contributed by atoms with Gasteiger partial charge in [0.05, 0.1) is 11.1 Å². The van der Waals surface area contributed by atoms with Crippen LogP contribution in [0.3, 0.4) is 0 Å². The third kappa shape index (κ3) is 1.55. The molecule has 2 aliphatic heterocycles. The first kappa shape index (κ1) is 12.7. The smallest absolute Gasteiger partial charge is 0.187 e. The number of thiocarbonyl (C=S) groups is 1. The van der Waals surface area contributed by atoms with Gasteiger partial charge in [-0.2, -0.15) is 0 Å². The van der Waals surface area contributed by atoms with Gasteiger partial charge in [-0.15, -0.1) is 0 Å². The van der Waals surface area contributed by atoms with Crippen LogP contribution in [0.1, 0.15) is 38.3 Å². The van der Waals surface area contributed by atoms with Crippen molar-refractivity contribution in [3.63, 3.8) is 0 Å². The highest BCUT2D eigenvalue weighted by Crippen LogP contribution is 2.52. The number of fused-ring (bicyclic) bond motifs is 4. The molecule has 3 nitrogen and oxygen atoms in total. The zero-order chi connectivity index (χ0) is 14.1. The standard InChI is InChI=1S/C15H17ClN2OS/c1-8-12-10-4-3-5-11(16)13(10)19-15(8,2)18(9-6-7-9)14(20)17-12/h3-5,8-9,12H,6-7H2,1-2H3,(H,17,20). The third-order valence-electron chi connectivity index (χ3n) is 4.87. The molecule has 3 unspecified atom stereocenters. The van der Waals surface area contributed by atoms with E-state index in [0.717, 1.165) is 16.4 Å². The molecule has 106 valence electrons. The maximum Gasteiger partial charge on any atom is 0.187 e. The van der Waals surface area contributed by atoms with E-state index in [1.54, 1.807) is 0 Å². The number of nitrogens with zero attached hydrogens (tertiary/aromatic N) is 1. The Bertz CT molecular complexity index is 604. The van der Waals surface area contributed by atoms with Crippen LogP contribution in [0, 0.1) is 5.92 Å². The second kappa shape index (κ2) is 4.01. The van der Waals surface area contributed by atoms with Crippen LogP contribution in [-0.2, 0) is 0 Å². The van der Waals surface area contributed by atoms with Gasteiger partial charge in [-0.25, -0.2) is 0 Å². The highest BCUT2D eigenvalue weighted by atomic mass is 35.5. The molecule has 2 heterocycles. The summed E-state index contributed by atoms with van der Waals surface area (Å²) in [6, 6.07) is 6.61. The van der Waals surface area contributed by atoms with Crippen molar-refractivity contribution in [2.24, 2.45) is 5.92 Å². The summed E-state index contributed by atoms with van der Waals surface area (Å²) in [7, 11) is 0. The van der Waals surface area contributed by atoms with E-state index >= 15 is 0 Å². The molecule has 2 bridgehead atoms. The van der Waals surface area contributed by atoms with Gasteiger partial charge >= 0.3 is 0 Å². The van der Waals surface area contributed by atoms with Gasteiger partial charge in [0.1, 0.15) is 5.75 Å². The van der Waals surface area contributed by atoms with Crippen LogP contribution in [0.25, 0.3) is 0 Å². The quantitative estimate of drug-likeness (QED) is 0.803. The fraction of sp³-hybridized carbons (Fsp3) is 0.533. The molecule has 0 spiro atoms. The molecule has 1 aromatic rings. The lowest BCUT2D eigenvalue weighted by Gasteiger charge is -2.56. The van der Waals surface area contributed by atoms with Gasteiger partial charge in [0, 0.05) is 17.5 Å². The number of ether oxygens (including phenoxy) is 1. The normalized spacial score (nSPS) is 35.1. The lowest BCUT2D eigenvalue weighted by molar-refractivity contribution is -0.113. The molecule has 0 amide bonds. The Morgan fingerprint density at radius 2 is 2.20 bits per heavy atom. The molecule has 3 atom stereocenters. The molecule has 1 saturated carbocycles. The van der Waals surface area contributed by atoms with Crippen LogP contribution >= 0.6 is 23.8 Å². The number of hydrogen-bond acceptors (Lipinski definition) is 2. The van der Waals surface area contributed by atoms with Crippen LogP contribution in [0.2, 0.25) is 5.02 Å². The highest BCUT2D eigenvalue weighted by molar-refractivity contribution is 7.80. The molecule has 1 aliphatic carbocycles. The number of halogens is 1. The maximum atomic E-state index is 6.38. The van der Waals surface area contributed by atoms with Crippen LogP contribution < -0.4 is 10.1 Å². The second-order valence-corrected chi connectivity index (χ2v) is 6.93. The lowest BCUT2D eigenvalue weighted by Crippen LogP contribution is -2.69. The van der Waals surface area contributed by atoms with E-state index < -0.39 is 5.72 Å². The van der Waals surface area contributed by atoms with Gasteiger partial charge in [0.15, 0.2) is 10.8 Å². The van der Waals surface area contributed by atoms with Gasteiger partial charge in [-0.1, -0.05) is 30.7 Å². The van der Waals surface area contributed by atoms with E-state index in [4.69, 9.17) is 28.6 Å². The minimum absolute atomic E-state index is 0.171. The fourth-order valence-corrected chi connectivity index (χ4v) is 4.17. The minimum Gasteiger partial charge on any atom is -0.466 e. The average molecular weight is 309 g/mol. The van der Waals surface area contributed by atoms with Gasteiger partial charge in [-0.05, 0) is 38.0 Å². The average Bonchev–Trinajstić information content (AvgIpc) is 3.19. The van der Waals surface area contributed by atoms with E-state index in [1.807, 2.05) is 12.1 Å². The number of rotatable bonds is 1. The van der Waals surface area contributed by atoms with Gasteiger partial charge in [-0.3, -0.25) is 0 Å². The largest absolute Gasteiger partial charge is 0.466 e. The van der Waals surface area contributed by atoms with Crippen molar-refractivity contribution >= 4 is 28.9 Å². The summed E-state index contributed by atoms with van der Waals surface area (Å²) in [4.78, 5) is 2.25. The summed E-state index contributed by atoms with van der Waals surface area (Å²) in [6.45, 7) is 4.36. The summed E-state index contributed by atoms with van der Waals surface area (Å²) in [5, 5.41) is 4.98. The first-order valence-electron chi connectivity index (χ1n) is 7.09. The van der Waals surface area contributed by atoms with Crippen LogP contribution in [0.15, 0.2) is 18.2 Å². The number of para-hydroxylation sites is 1. The van der Waals surface area contributed by atoms with E-state index in [9.17, 15) is 0 Å². The van der Waals surface area contributed by atoms with Crippen molar-refractivity contribution in [2.75, 3.05) is 0 Å². The van der Waals surface area contributed by atoms with Crippen LogP contribution in [0.4, 0.5) is 0 Å². The molecule has 1 aromatic carbocycles. The van der Waals surface area contributed by atoms with Gasteiger partial charge < -0.3 is 15.0 Å². The third-order valence-corrected chi connectivity index (χ3v) is 5.49. The van der Waals surface area contributed by atoms with Crippen molar-refractivity contribution in [1.29, 1.82) is 0 Å². The summed E-state index contributed by atoms with van der Waals surface area (Å²) in [6.07, 6.45) is 2.38. The predicted octanol–water partition coefficient (Wildman–Crippen LogP) is 3.48. The number of nitrogens with one attached hydrogen (secondary N) is 1. The summed E-state index contributed by atoms with van der Waals surface area (Å²) >= 11 is 11.9. The molecule has 5 heteroatoms. The Balaban J connectivity index is 1.88. The van der Waals surface area contributed by atoms with Crippen molar-refractivity contribution in [3.8, 4) is 5.75 Å². The molecule has 3 aliphatic rings. The summed E-state index contributed by atoms with van der Waals surface area (Å²) < 4.78 is 6.38. The molecule has 4 rings (SSSR count). The van der Waals surface area contributed by atoms with Gasteiger partial charge in [0.2, 0.25) is 0 Å². The Labute approximate surface area is 129 Å². The molecule has 0 aromatic heterocycles. The topological polar surface area (TPSA) is 24.5 Å². The summed E-state index contributed by atoms with van der Waals surface area (Å²) in [5.74, 6) is 1.11. The van der Waals surface area contributed by atoms with E-state index in [0.29, 0.717) is 17.0 Å². The molecule has 1 saturated heterocycles. The molecule has 0 radical (unpaired) electrons. The zero-order valence-corrected chi connectivity index (χ0v) is 13.1. The highest BCUT2D eigenvalue weighted by Gasteiger charge is 2.56. The van der Waals surface area contributed by atoms with Crippen molar-refractivity contribution < 1.29 is 4.74 Å². The maximum absolute atomic E-state index is 6.38. The molecular weight excluding hydrogens is 292 g/mol. The van der Waals surface area contributed by atoms with Crippen molar-refractivity contribution in [1.82, 2.24) is 10.2 Å². The number of benzene rings is 1. The van der Waals surface area contributed by atoms with Crippen molar-refractivity contribution in [2.45, 2.75) is 44.5 Å². The SMILES string of the molecule is CC1C2NC(=S)N(C3CC3)C1(C)Oc1c(Cl)cccc12. The molecule has 1 N–H and O–H groups in total. The van der Waals surface area contributed by atoms with Crippen molar-refractivity contribution in [3.05, 3.63) is 28.8 Å². The Morgan fingerprint density at radius 3 is 2.90 bits per heavy atom. The van der Waals surface area contributed by atoms with Crippen LogP contribution in [0.5, 0.6) is 5.75 Å². The van der Waals surface area contributed by atoms with E-state index in [-0.39, 0.29) is 6.04 Å². The summed E-state index contributed by atoms with van der Waals surface area (Å²) in [5.41, 5.74) is 0.701. The lowest BCUT2D eigenvalue weighted by atomic mass is 9.81. The van der Waals surface area contributed by atoms with E-state index in [2.05, 4.69) is 30.1 Å². The molecule has 2 fully saturated rings. The monoisotopic (exact) mass is 308 g/mol. The minimum atomic E-state index is -0.411. The fourth-order valence-electron chi connectivity index (χ4n) is 3.49. The van der Waals surface area contributed by atoms with Gasteiger partial charge in [0.25, 0.3) is 0 Å². The molecular formula is C15H17ClN2OS. The number of hydrogen-bond donors (Lipinski definition) is 1.